The molecule has 0 heterocycles. The van der Waals surface area contributed by atoms with Gasteiger partial charge in [-0.1, -0.05) is 0 Å². The molecule has 1 aliphatic rings. The third-order valence-electron chi connectivity index (χ3n) is 1.49. The second-order valence-corrected chi connectivity index (χ2v) is 3.49. The predicted molar refractivity (Wildman–Crippen MR) is 51.7 cm³/mol. The molecule has 0 saturated heterocycles. The Morgan fingerprint density at radius 1 is 1.43 bits per heavy atom. The lowest BCUT2D eigenvalue weighted by Gasteiger charge is -2.04. The molecule has 5 heteroatoms. The number of carbonyl (C=O) groups excluding carboxylic acids is 3. The maximum atomic E-state index is 11.2. The Morgan fingerprint density at radius 2 is 2.14 bits per heavy atom. The summed E-state index contributed by atoms with van der Waals surface area (Å²) in [5.41, 5.74) is 0. The van der Waals surface area contributed by atoms with Crippen LogP contribution in [0.1, 0.15) is 0 Å². The van der Waals surface area contributed by atoms with Crippen molar-refractivity contribution in [3.05, 3.63) is 23.1 Å². The molecule has 74 valence electrons. The fourth-order valence-electron chi connectivity index (χ4n) is 0.797. The van der Waals surface area contributed by atoms with Gasteiger partial charge in [-0.3, -0.25) is 14.4 Å². The Labute approximate surface area is 85.0 Å². The van der Waals surface area contributed by atoms with Gasteiger partial charge in [0.05, 0.1) is 17.8 Å². The fraction of sp³-hybridized carbons (Fsp3) is 0.222. The van der Waals surface area contributed by atoms with E-state index in [0.717, 1.165) is 11.8 Å². The van der Waals surface area contributed by atoms with E-state index in [9.17, 15) is 14.4 Å². The molecule has 0 amide bonds. The number of hydrogen-bond acceptors (Lipinski definition) is 5. The Kier molecular flexibility index (Phi) is 3.64. The van der Waals surface area contributed by atoms with Gasteiger partial charge in [0.15, 0.2) is 11.6 Å². The van der Waals surface area contributed by atoms with E-state index in [0.29, 0.717) is 0 Å². The van der Waals surface area contributed by atoms with Gasteiger partial charge in [0.1, 0.15) is 0 Å². The average Bonchev–Trinajstić information content (AvgIpc) is 2.19. The molecule has 0 saturated carbocycles. The highest BCUT2D eigenvalue weighted by atomic mass is 32.2. The molecule has 0 aromatic heterocycles. The molecule has 0 aromatic carbocycles. The first-order valence-corrected chi connectivity index (χ1v) is 4.79. The topological polar surface area (TPSA) is 60.4 Å². The average molecular weight is 212 g/mol. The molecule has 0 aliphatic heterocycles. The number of carbonyl (C=O) groups is 3. The molecule has 0 atom stereocenters. The lowest BCUT2D eigenvalue weighted by molar-refractivity contribution is -0.137. The number of rotatable bonds is 3. The van der Waals surface area contributed by atoms with Crippen molar-refractivity contribution in [2.24, 2.45) is 0 Å². The minimum atomic E-state index is -0.425. The Morgan fingerprint density at radius 3 is 2.79 bits per heavy atom. The van der Waals surface area contributed by atoms with E-state index in [2.05, 4.69) is 4.74 Å². The summed E-state index contributed by atoms with van der Waals surface area (Å²) in [6, 6.07) is 0. The van der Waals surface area contributed by atoms with E-state index in [1.165, 1.54) is 25.3 Å². The van der Waals surface area contributed by atoms with Crippen molar-refractivity contribution in [2.75, 3.05) is 12.9 Å². The molecule has 0 fully saturated rings. The largest absolute Gasteiger partial charge is 0.468 e. The zero-order chi connectivity index (χ0) is 10.6. The first kappa shape index (κ1) is 10.7. The molecule has 14 heavy (non-hydrogen) atoms. The lowest BCUT2D eigenvalue weighted by atomic mass is 10.2. The van der Waals surface area contributed by atoms with E-state index in [1.807, 2.05) is 0 Å². The van der Waals surface area contributed by atoms with Gasteiger partial charge in [-0.15, -0.1) is 11.8 Å². The summed E-state index contributed by atoms with van der Waals surface area (Å²) in [4.78, 5) is 33.1. The number of methoxy groups -OCH3 is 1. The molecule has 0 aromatic rings. The van der Waals surface area contributed by atoms with Crippen LogP contribution in [0, 0.1) is 0 Å². The van der Waals surface area contributed by atoms with E-state index in [4.69, 9.17) is 0 Å². The van der Waals surface area contributed by atoms with E-state index in [1.54, 1.807) is 0 Å². The zero-order valence-electron chi connectivity index (χ0n) is 7.48. The van der Waals surface area contributed by atoms with Gasteiger partial charge in [-0.05, 0) is 12.2 Å². The first-order chi connectivity index (χ1) is 6.63. The van der Waals surface area contributed by atoms with Crippen LogP contribution in [0.25, 0.3) is 0 Å². The van der Waals surface area contributed by atoms with Crippen molar-refractivity contribution < 1.29 is 19.1 Å². The van der Waals surface area contributed by atoms with Crippen LogP contribution in [-0.2, 0) is 19.1 Å². The molecular weight excluding hydrogens is 204 g/mol. The Bertz CT molecular complexity index is 341. The van der Waals surface area contributed by atoms with Crippen molar-refractivity contribution in [3.8, 4) is 0 Å². The highest BCUT2D eigenvalue weighted by Gasteiger charge is 2.15. The van der Waals surface area contributed by atoms with Crippen LogP contribution >= 0.6 is 11.8 Å². The van der Waals surface area contributed by atoms with Crippen LogP contribution in [0.2, 0.25) is 0 Å². The van der Waals surface area contributed by atoms with Crippen LogP contribution in [-0.4, -0.2) is 30.4 Å². The molecule has 1 rings (SSSR count). The molecule has 0 N–H and O–H groups in total. The molecular formula is C9H8O4S. The van der Waals surface area contributed by atoms with Gasteiger partial charge in [0.2, 0.25) is 0 Å². The quantitative estimate of drug-likeness (QED) is 0.503. The van der Waals surface area contributed by atoms with Crippen molar-refractivity contribution in [3.63, 3.8) is 0 Å². The third-order valence-corrected chi connectivity index (χ3v) is 2.50. The van der Waals surface area contributed by atoms with Gasteiger partial charge in [-0.2, -0.15) is 0 Å². The van der Waals surface area contributed by atoms with Crippen LogP contribution in [0.15, 0.2) is 23.1 Å². The van der Waals surface area contributed by atoms with Crippen LogP contribution < -0.4 is 0 Å². The van der Waals surface area contributed by atoms with Crippen LogP contribution in [0.3, 0.4) is 0 Å². The summed E-state index contributed by atoms with van der Waals surface area (Å²) in [5.74, 6) is -0.879. The highest BCUT2D eigenvalue weighted by Crippen LogP contribution is 2.19. The van der Waals surface area contributed by atoms with Gasteiger partial charge in [0, 0.05) is 6.08 Å². The summed E-state index contributed by atoms with van der Waals surface area (Å²) < 4.78 is 4.40. The van der Waals surface area contributed by atoms with E-state index < -0.39 is 5.97 Å². The summed E-state index contributed by atoms with van der Waals surface area (Å²) in [5, 5.41) is 0. The number of ketones is 2. The maximum absolute atomic E-state index is 11.2. The van der Waals surface area contributed by atoms with E-state index >= 15 is 0 Å². The summed E-state index contributed by atoms with van der Waals surface area (Å²) in [7, 11) is 1.27. The minimum absolute atomic E-state index is 0.0369. The molecule has 0 spiro atoms. The zero-order valence-corrected chi connectivity index (χ0v) is 8.30. The lowest BCUT2D eigenvalue weighted by Crippen LogP contribution is -2.09. The molecule has 0 radical (unpaired) electrons. The number of esters is 1. The monoisotopic (exact) mass is 212 g/mol. The van der Waals surface area contributed by atoms with Crippen molar-refractivity contribution in [2.45, 2.75) is 0 Å². The predicted octanol–water partition coefficient (Wildman–Crippen LogP) is 0.484. The smallest absolute Gasteiger partial charge is 0.315 e. The van der Waals surface area contributed by atoms with E-state index in [-0.39, 0.29) is 22.2 Å². The Balaban J connectivity index is 2.56. The highest BCUT2D eigenvalue weighted by molar-refractivity contribution is 8.04. The van der Waals surface area contributed by atoms with Crippen molar-refractivity contribution >= 4 is 29.3 Å². The van der Waals surface area contributed by atoms with Crippen molar-refractivity contribution in [1.29, 1.82) is 0 Å². The first-order valence-electron chi connectivity index (χ1n) is 3.81. The number of allylic oxidation sites excluding steroid dienone is 4. The summed E-state index contributed by atoms with van der Waals surface area (Å²) in [6.45, 7) is 0. The van der Waals surface area contributed by atoms with Gasteiger partial charge in [0.25, 0.3) is 0 Å². The second-order valence-electron chi connectivity index (χ2n) is 2.47. The molecule has 0 unspecified atom stereocenters. The summed E-state index contributed by atoms with van der Waals surface area (Å²) in [6.07, 6.45) is 3.61. The maximum Gasteiger partial charge on any atom is 0.315 e. The second kappa shape index (κ2) is 4.76. The summed E-state index contributed by atoms with van der Waals surface area (Å²) >= 11 is 1.01. The third kappa shape index (κ3) is 2.85. The standard InChI is InChI=1S/C9H8O4S/c1-13-9(12)5-14-8-4-6(10)2-3-7(8)11/h2-4H,5H2,1H3. The normalized spacial score (nSPS) is 15.4. The van der Waals surface area contributed by atoms with Gasteiger partial charge < -0.3 is 4.74 Å². The van der Waals surface area contributed by atoms with Crippen LogP contribution in [0.4, 0.5) is 0 Å². The molecule has 0 bridgehead atoms. The number of hydrogen-bond donors (Lipinski definition) is 0. The van der Waals surface area contributed by atoms with Crippen LogP contribution in [0.5, 0.6) is 0 Å². The van der Waals surface area contributed by atoms with Gasteiger partial charge >= 0.3 is 5.97 Å². The SMILES string of the molecule is COC(=O)CSC1=CC(=O)C=CC1=O. The number of thioether (sulfide) groups is 1. The molecule has 1 aliphatic carbocycles. The van der Waals surface area contributed by atoms with Crippen molar-refractivity contribution in [1.82, 2.24) is 0 Å². The van der Waals surface area contributed by atoms with Gasteiger partial charge in [-0.25, -0.2) is 0 Å². The number of ether oxygens (including phenoxy) is 1. The fourth-order valence-corrected chi connectivity index (χ4v) is 1.60. The molecule has 4 nitrogen and oxygen atoms in total. The minimum Gasteiger partial charge on any atom is -0.468 e. The Hall–Kier alpha value is -1.36.